The molecule has 0 aliphatic carbocycles. The van der Waals surface area contributed by atoms with E-state index in [0.29, 0.717) is 17.1 Å². The van der Waals surface area contributed by atoms with E-state index >= 15 is 0 Å². The van der Waals surface area contributed by atoms with Gasteiger partial charge in [-0.15, -0.1) is 0 Å². The minimum Gasteiger partial charge on any atom is -0.313 e. The molecule has 1 nitrogen and oxygen atoms in total. The average Bonchev–Trinajstić information content (AvgIpc) is 2.26. The van der Waals surface area contributed by atoms with Crippen LogP contribution in [0.4, 0.5) is 4.39 Å². The maximum atomic E-state index is 13.4. The van der Waals surface area contributed by atoms with Crippen molar-refractivity contribution in [2.24, 2.45) is 0 Å². The van der Waals surface area contributed by atoms with Crippen LogP contribution < -0.4 is 5.32 Å². The number of hydrogen-bond acceptors (Lipinski definition) is 2. The van der Waals surface area contributed by atoms with Crippen molar-refractivity contribution in [2.75, 3.05) is 18.6 Å². The number of hydrogen-bond donors (Lipinski definition) is 1. The van der Waals surface area contributed by atoms with Crippen LogP contribution in [0.5, 0.6) is 0 Å². The summed E-state index contributed by atoms with van der Waals surface area (Å²) in [4.78, 5) is 0. The highest BCUT2D eigenvalue weighted by atomic mass is 35.5. The van der Waals surface area contributed by atoms with Crippen molar-refractivity contribution >= 4 is 23.4 Å². The summed E-state index contributed by atoms with van der Waals surface area (Å²) in [5, 5.41) is 3.71. The zero-order valence-corrected chi connectivity index (χ0v) is 11.0. The predicted molar refractivity (Wildman–Crippen MR) is 70.7 cm³/mol. The monoisotopic (exact) mass is 261 g/mol. The Hall–Kier alpha value is -0.250. The van der Waals surface area contributed by atoms with Gasteiger partial charge in [-0.1, -0.05) is 17.7 Å². The Morgan fingerprint density at radius 1 is 1.38 bits per heavy atom. The van der Waals surface area contributed by atoms with Crippen LogP contribution in [-0.2, 0) is 6.54 Å². The van der Waals surface area contributed by atoms with Crippen LogP contribution in [0.25, 0.3) is 0 Å². The van der Waals surface area contributed by atoms with E-state index in [1.165, 1.54) is 18.2 Å². The highest BCUT2D eigenvalue weighted by Crippen LogP contribution is 2.18. The second kappa shape index (κ2) is 7.93. The van der Waals surface area contributed by atoms with Gasteiger partial charge in [0.25, 0.3) is 0 Å². The summed E-state index contributed by atoms with van der Waals surface area (Å²) in [5.74, 6) is 0.950. The molecule has 0 saturated heterocycles. The van der Waals surface area contributed by atoms with Gasteiger partial charge in [0.1, 0.15) is 5.82 Å². The molecule has 4 heteroatoms. The van der Waals surface area contributed by atoms with Crippen molar-refractivity contribution < 1.29 is 4.39 Å². The summed E-state index contributed by atoms with van der Waals surface area (Å²) in [6.45, 7) is 1.41. The minimum absolute atomic E-state index is 0.232. The molecule has 0 aliphatic heterocycles. The Morgan fingerprint density at radius 2 is 2.19 bits per heavy atom. The molecule has 0 aromatic heterocycles. The molecule has 1 N–H and O–H groups in total. The summed E-state index contributed by atoms with van der Waals surface area (Å²) >= 11 is 7.76. The molecule has 0 heterocycles. The molecule has 1 rings (SSSR count). The number of unbranched alkanes of at least 4 members (excludes halogenated alkanes) is 1. The van der Waals surface area contributed by atoms with Crippen LogP contribution in [0.15, 0.2) is 18.2 Å². The van der Waals surface area contributed by atoms with Gasteiger partial charge in [-0.3, -0.25) is 0 Å². The quantitative estimate of drug-likeness (QED) is 0.751. The highest BCUT2D eigenvalue weighted by molar-refractivity contribution is 7.98. The molecule has 0 saturated carbocycles. The molecule has 0 fully saturated rings. The minimum atomic E-state index is -0.232. The topological polar surface area (TPSA) is 12.0 Å². The van der Waals surface area contributed by atoms with Crippen LogP contribution in [0.2, 0.25) is 5.02 Å². The predicted octanol–water partition coefficient (Wildman–Crippen LogP) is 3.71. The van der Waals surface area contributed by atoms with Crippen LogP contribution in [0.1, 0.15) is 18.4 Å². The third-order valence-corrected chi connectivity index (χ3v) is 3.37. The molecule has 1 aromatic carbocycles. The Balaban J connectivity index is 2.26. The van der Waals surface area contributed by atoms with Gasteiger partial charge in [0, 0.05) is 17.1 Å². The molecule has 0 bridgehead atoms. The van der Waals surface area contributed by atoms with Crippen molar-refractivity contribution in [1.82, 2.24) is 5.32 Å². The van der Waals surface area contributed by atoms with Gasteiger partial charge in [0.15, 0.2) is 0 Å². The van der Waals surface area contributed by atoms with Crippen molar-refractivity contribution in [3.63, 3.8) is 0 Å². The molecule has 0 unspecified atom stereocenters. The van der Waals surface area contributed by atoms with Crippen molar-refractivity contribution in [2.45, 2.75) is 19.4 Å². The van der Waals surface area contributed by atoms with E-state index in [2.05, 4.69) is 11.6 Å². The number of thioether (sulfide) groups is 1. The van der Waals surface area contributed by atoms with E-state index in [1.54, 1.807) is 12.1 Å². The first-order valence-corrected chi connectivity index (χ1v) is 7.15. The van der Waals surface area contributed by atoms with E-state index in [-0.39, 0.29) is 5.82 Å². The Bertz CT molecular complexity index is 300. The highest BCUT2D eigenvalue weighted by Gasteiger charge is 2.05. The van der Waals surface area contributed by atoms with E-state index in [9.17, 15) is 4.39 Å². The maximum absolute atomic E-state index is 13.4. The Kier molecular flexibility index (Phi) is 6.85. The molecule has 1 aromatic rings. The average molecular weight is 262 g/mol. The van der Waals surface area contributed by atoms with Crippen molar-refractivity contribution in [1.29, 1.82) is 0 Å². The lowest BCUT2D eigenvalue weighted by Crippen LogP contribution is -2.16. The summed E-state index contributed by atoms with van der Waals surface area (Å²) in [6, 6.07) is 4.78. The number of benzene rings is 1. The zero-order chi connectivity index (χ0) is 11.8. The van der Waals surface area contributed by atoms with Crippen LogP contribution in [-0.4, -0.2) is 18.6 Å². The molecule has 0 aliphatic rings. The van der Waals surface area contributed by atoms with E-state index in [0.717, 1.165) is 13.0 Å². The van der Waals surface area contributed by atoms with Gasteiger partial charge < -0.3 is 5.32 Å². The molecular formula is C12H17ClFNS. The third-order valence-electron chi connectivity index (χ3n) is 2.32. The fourth-order valence-corrected chi connectivity index (χ4v) is 2.13. The Morgan fingerprint density at radius 3 is 2.88 bits per heavy atom. The molecule has 16 heavy (non-hydrogen) atoms. The SMILES string of the molecule is CSCCCCNCc1c(F)cccc1Cl. The molecule has 0 spiro atoms. The van der Waals surface area contributed by atoms with Crippen LogP contribution in [0.3, 0.4) is 0 Å². The maximum Gasteiger partial charge on any atom is 0.129 e. The van der Waals surface area contributed by atoms with E-state index in [1.807, 2.05) is 11.8 Å². The first kappa shape index (κ1) is 13.8. The molecule has 0 amide bonds. The smallest absolute Gasteiger partial charge is 0.129 e. The number of nitrogens with one attached hydrogen (secondary N) is 1. The van der Waals surface area contributed by atoms with Gasteiger partial charge in [0.2, 0.25) is 0 Å². The normalized spacial score (nSPS) is 10.7. The first-order valence-electron chi connectivity index (χ1n) is 5.38. The zero-order valence-electron chi connectivity index (χ0n) is 9.43. The summed E-state index contributed by atoms with van der Waals surface area (Å²) in [5.41, 5.74) is 0.564. The van der Waals surface area contributed by atoms with Crippen molar-refractivity contribution in [3.05, 3.63) is 34.6 Å². The van der Waals surface area contributed by atoms with Gasteiger partial charge >= 0.3 is 0 Å². The van der Waals surface area contributed by atoms with Gasteiger partial charge in [-0.25, -0.2) is 4.39 Å². The summed E-state index contributed by atoms with van der Waals surface area (Å²) < 4.78 is 13.4. The molecular weight excluding hydrogens is 245 g/mol. The molecule has 0 radical (unpaired) electrons. The summed E-state index contributed by atoms with van der Waals surface area (Å²) in [7, 11) is 0. The van der Waals surface area contributed by atoms with Crippen LogP contribution in [0, 0.1) is 5.82 Å². The molecule has 90 valence electrons. The largest absolute Gasteiger partial charge is 0.313 e. The van der Waals surface area contributed by atoms with E-state index in [4.69, 9.17) is 11.6 Å². The van der Waals surface area contributed by atoms with Crippen molar-refractivity contribution in [3.8, 4) is 0 Å². The Labute approximate surface area is 106 Å². The van der Waals surface area contributed by atoms with Gasteiger partial charge in [0.05, 0.1) is 0 Å². The molecule has 0 atom stereocenters. The number of rotatable bonds is 7. The van der Waals surface area contributed by atoms with Gasteiger partial charge in [-0.2, -0.15) is 11.8 Å². The van der Waals surface area contributed by atoms with Crippen LogP contribution >= 0.6 is 23.4 Å². The van der Waals surface area contributed by atoms with Gasteiger partial charge in [-0.05, 0) is 43.5 Å². The first-order chi connectivity index (χ1) is 7.75. The second-order valence-electron chi connectivity index (χ2n) is 3.58. The fourth-order valence-electron chi connectivity index (χ4n) is 1.41. The summed E-state index contributed by atoms with van der Waals surface area (Å²) in [6.07, 6.45) is 4.42. The second-order valence-corrected chi connectivity index (χ2v) is 4.97. The third kappa shape index (κ3) is 4.73. The fraction of sp³-hybridized carbons (Fsp3) is 0.500. The standard InChI is InChI=1S/C12H17ClFNS/c1-16-8-3-2-7-15-9-10-11(13)5-4-6-12(10)14/h4-6,15H,2-3,7-9H2,1H3. The number of halogens is 2. The lowest BCUT2D eigenvalue weighted by atomic mass is 10.2. The lowest BCUT2D eigenvalue weighted by molar-refractivity contribution is 0.581. The lowest BCUT2D eigenvalue weighted by Gasteiger charge is -2.07. The van der Waals surface area contributed by atoms with E-state index < -0.39 is 0 Å².